The second-order valence-corrected chi connectivity index (χ2v) is 3.33. The van der Waals surface area contributed by atoms with E-state index in [1.54, 1.807) is 7.11 Å². The Kier molecular flexibility index (Phi) is 2.68. The van der Waals surface area contributed by atoms with Crippen LogP contribution >= 0.6 is 0 Å². The first-order valence-electron chi connectivity index (χ1n) is 4.88. The van der Waals surface area contributed by atoms with Gasteiger partial charge in [-0.3, -0.25) is 4.98 Å². The zero-order valence-electron chi connectivity index (χ0n) is 8.73. The number of allylic oxidation sites excluding steroid dienone is 1. The Morgan fingerprint density at radius 2 is 2.20 bits per heavy atom. The molecule has 0 aliphatic rings. The Bertz CT molecular complexity index is 491. The largest absolute Gasteiger partial charge is 0.496 e. The van der Waals surface area contributed by atoms with Gasteiger partial charge in [-0.05, 0) is 12.1 Å². The number of para-hydroxylation sites is 1. The second kappa shape index (κ2) is 4.13. The molecule has 76 valence electrons. The van der Waals surface area contributed by atoms with Crippen LogP contribution in [0.5, 0.6) is 5.75 Å². The predicted octanol–water partition coefficient (Wildman–Crippen LogP) is 2.97. The number of pyridine rings is 1. The molecule has 15 heavy (non-hydrogen) atoms. The van der Waals surface area contributed by atoms with Gasteiger partial charge >= 0.3 is 0 Å². The zero-order valence-corrected chi connectivity index (χ0v) is 8.73. The van der Waals surface area contributed by atoms with E-state index in [1.807, 2.05) is 36.4 Å². The van der Waals surface area contributed by atoms with Crippen LogP contribution in [0.25, 0.3) is 10.9 Å². The quantitative estimate of drug-likeness (QED) is 0.709. The van der Waals surface area contributed by atoms with Crippen LogP contribution in [0.15, 0.2) is 43.0 Å². The number of rotatable bonds is 3. The number of fused-ring (bicyclic) bond motifs is 1. The molecule has 2 nitrogen and oxygen atoms in total. The lowest BCUT2D eigenvalue weighted by Gasteiger charge is -2.06. The first-order chi connectivity index (χ1) is 7.35. The van der Waals surface area contributed by atoms with E-state index in [0.29, 0.717) is 0 Å². The van der Waals surface area contributed by atoms with Crippen molar-refractivity contribution in [1.82, 2.24) is 4.98 Å². The van der Waals surface area contributed by atoms with Crippen LogP contribution in [0.4, 0.5) is 0 Å². The molecule has 0 fully saturated rings. The van der Waals surface area contributed by atoms with E-state index >= 15 is 0 Å². The van der Waals surface area contributed by atoms with Crippen LogP contribution in [-0.4, -0.2) is 12.1 Å². The fraction of sp³-hybridized carbons (Fsp3) is 0.154. The molecule has 1 aromatic carbocycles. The van der Waals surface area contributed by atoms with Crippen molar-refractivity contribution < 1.29 is 4.74 Å². The van der Waals surface area contributed by atoms with Crippen LogP contribution in [0.3, 0.4) is 0 Å². The van der Waals surface area contributed by atoms with Crippen LogP contribution in [-0.2, 0) is 6.42 Å². The lowest BCUT2D eigenvalue weighted by Crippen LogP contribution is -1.92. The van der Waals surface area contributed by atoms with Gasteiger partial charge < -0.3 is 4.74 Å². The first-order valence-corrected chi connectivity index (χ1v) is 4.88. The summed E-state index contributed by atoms with van der Waals surface area (Å²) in [5.41, 5.74) is 1.95. The van der Waals surface area contributed by atoms with Crippen LogP contribution in [0.2, 0.25) is 0 Å². The van der Waals surface area contributed by atoms with Crippen molar-refractivity contribution in [3.63, 3.8) is 0 Å². The monoisotopic (exact) mass is 199 g/mol. The number of aromatic nitrogens is 1. The molecule has 0 aliphatic carbocycles. The molecule has 0 aliphatic heterocycles. The molecular formula is C13H13NO. The molecule has 0 radical (unpaired) electrons. The molecule has 0 saturated carbocycles. The molecular weight excluding hydrogens is 186 g/mol. The topological polar surface area (TPSA) is 22.1 Å². The number of benzene rings is 1. The Labute approximate surface area is 89.2 Å². The Hall–Kier alpha value is -1.83. The van der Waals surface area contributed by atoms with E-state index in [2.05, 4.69) is 11.6 Å². The fourth-order valence-electron chi connectivity index (χ4n) is 1.62. The molecule has 0 amide bonds. The average Bonchev–Trinajstić information content (AvgIpc) is 2.28. The Morgan fingerprint density at radius 3 is 2.93 bits per heavy atom. The molecule has 2 rings (SSSR count). The highest BCUT2D eigenvalue weighted by molar-refractivity contribution is 5.85. The van der Waals surface area contributed by atoms with Gasteiger partial charge in [-0.1, -0.05) is 18.2 Å². The Morgan fingerprint density at radius 1 is 1.40 bits per heavy atom. The summed E-state index contributed by atoms with van der Waals surface area (Å²) in [6.07, 6.45) is 2.61. The van der Waals surface area contributed by atoms with Crippen molar-refractivity contribution in [2.24, 2.45) is 0 Å². The van der Waals surface area contributed by atoms with Gasteiger partial charge in [-0.25, -0.2) is 0 Å². The van der Waals surface area contributed by atoms with Gasteiger partial charge in [-0.15, -0.1) is 6.58 Å². The third-order valence-corrected chi connectivity index (χ3v) is 2.30. The van der Waals surface area contributed by atoms with Gasteiger partial charge in [0.05, 0.1) is 12.6 Å². The maximum Gasteiger partial charge on any atom is 0.130 e. The maximum absolute atomic E-state index is 5.34. The van der Waals surface area contributed by atoms with Gasteiger partial charge in [0.1, 0.15) is 5.75 Å². The standard InChI is InChI=1S/C13H13NO/c1-3-6-10-9-13(15-2)11-7-4-5-8-12(11)14-10/h3-5,7-9H,1,6H2,2H3. The highest BCUT2D eigenvalue weighted by atomic mass is 16.5. The second-order valence-electron chi connectivity index (χ2n) is 3.33. The lowest BCUT2D eigenvalue weighted by atomic mass is 10.1. The molecule has 2 heteroatoms. The van der Waals surface area contributed by atoms with E-state index in [-0.39, 0.29) is 0 Å². The van der Waals surface area contributed by atoms with Crippen molar-refractivity contribution in [3.8, 4) is 5.75 Å². The Balaban J connectivity index is 2.65. The summed E-state index contributed by atoms with van der Waals surface area (Å²) < 4.78 is 5.34. The van der Waals surface area contributed by atoms with Crippen molar-refractivity contribution in [1.29, 1.82) is 0 Å². The van der Waals surface area contributed by atoms with E-state index in [0.717, 1.165) is 28.8 Å². The van der Waals surface area contributed by atoms with Crippen LogP contribution < -0.4 is 4.74 Å². The first kappa shape index (κ1) is 9.71. The minimum absolute atomic E-state index is 0.765. The van der Waals surface area contributed by atoms with Crippen LogP contribution in [0.1, 0.15) is 5.69 Å². The van der Waals surface area contributed by atoms with Crippen LogP contribution in [0, 0.1) is 0 Å². The predicted molar refractivity (Wildman–Crippen MR) is 62.2 cm³/mol. The third-order valence-electron chi connectivity index (χ3n) is 2.30. The molecule has 0 saturated heterocycles. The van der Waals surface area contributed by atoms with Crippen molar-refractivity contribution in [2.75, 3.05) is 7.11 Å². The third kappa shape index (κ3) is 1.84. The molecule has 0 spiro atoms. The molecule has 0 atom stereocenters. The number of hydrogen-bond acceptors (Lipinski definition) is 2. The number of nitrogens with zero attached hydrogens (tertiary/aromatic N) is 1. The number of ether oxygens (including phenoxy) is 1. The van der Waals surface area contributed by atoms with Gasteiger partial charge in [0, 0.05) is 23.6 Å². The summed E-state index contributed by atoms with van der Waals surface area (Å²) in [5, 5.41) is 1.05. The normalized spacial score (nSPS) is 10.2. The van der Waals surface area contributed by atoms with Gasteiger partial charge in [0.15, 0.2) is 0 Å². The van der Waals surface area contributed by atoms with Gasteiger partial charge in [-0.2, -0.15) is 0 Å². The summed E-state index contributed by atoms with van der Waals surface area (Å²) >= 11 is 0. The molecule has 0 bridgehead atoms. The minimum atomic E-state index is 0.765. The fourth-order valence-corrected chi connectivity index (χ4v) is 1.62. The SMILES string of the molecule is C=CCc1cc(OC)c2ccccc2n1. The number of hydrogen-bond donors (Lipinski definition) is 0. The summed E-state index contributed by atoms with van der Waals surface area (Å²) in [4.78, 5) is 4.52. The van der Waals surface area contributed by atoms with Crippen molar-refractivity contribution in [2.45, 2.75) is 6.42 Å². The van der Waals surface area contributed by atoms with Gasteiger partial charge in [0.25, 0.3) is 0 Å². The van der Waals surface area contributed by atoms with E-state index in [9.17, 15) is 0 Å². The van der Waals surface area contributed by atoms with E-state index in [1.165, 1.54) is 0 Å². The van der Waals surface area contributed by atoms with E-state index in [4.69, 9.17) is 4.74 Å². The average molecular weight is 199 g/mol. The molecule has 0 N–H and O–H groups in total. The van der Waals surface area contributed by atoms with Gasteiger partial charge in [0.2, 0.25) is 0 Å². The summed E-state index contributed by atoms with van der Waals surface area (Å²) in [6.45, 7) is 3.71. The van der Waals surface area contributed by atoms with Crippen molar-refractivity contribution >= 4 is 10.9 Å². The molecule has 1 heterocycles. The molecule has 1 aromatic heterocycles. The smallest absolute Gasteiger partial charge is 0.130 e. The molecule has 0 unspecified atom stereocenters. The minimum Gasteiger partial charge on any atom is -0.496 e. The maximum atomic E-state index is 5.34. The zero-order chi connectivity index (χ0) is 10.7. The lowest BCUT2D eigenvalue weighted by molar-refractivity contribution is 0.419. The van der Waals surface area contributed by atoms with Crippen molar-refractivity contribution in [3.05, 3.63) is 48.7 Å². The highest BCUT2D eigenvalue weighted by Crippen LogP contribution is 2.24. The number of methoxy groups -OCH3 is 1. The van der Waals surface area contributed by atoms with E-state index < -0.39 is 0 Å². The molecule has 2 aromatic rings. The highest BCUT2D eigenvalue weighted by Gasteiger charge is 2.04. The summed E-state index contributed by atoms with van der Waals surface area (Å²) in [7, 11) is 1.68. The summed E-state index contributed by atoms with van der Waals surface area (Å²) in [5.74, 6) is 0.873. The summed E-state index contributed by atoms with van der Waals surface area (Å²) in [6, 6.07) is 9.93.